The van der Waals surface area contributed by atoms with Gasteiger partial charge in [0.15, 0.2) is 0 Å². The highest BCUT2D eigenvalue weighted by Gasteiger charge is 2.49. The van der Waals surface area contributed by atoms with Crippen LogP contribution in [0.2, 0.25) is 5.02 Å². The molecule has 0 spiro atoms. The van der Waals surface area contributed by atoms with Crippen molar-refractivity contribution in [2.75, 3.05) is 11.4 Å². The van der Waals surface area contributed by atoms with Gasteiger partial charge in [-0.25, -0.2) is 9.18 Å². The van der Waals surface area contributed by atoms with Crippen molar-refractivity contribution < 1.29 is 23.8 Å². The molecule has 0 unspecified atom stereocenters. The van der Waals surface area contributed by atoms with Gasteiger partial charge in [-0.05, 0) is 42.0 Å². The number of benzene rings is 2. The number of nitrogens with zero attached hydrogens (tertiary/aromatic N) is 2. The zero-order chi connectivity index (χ0) is 20.3. The molecule has 7 nitrogen and oxygen atoms in total. The van der Waals surface area contributed by atoms with E-state index in [0.717, 1.165) is 6.07 Å². The van der Waals surface area contributed by atoms with Crippen LogP contribution in [0.1, 0.15) is 17.5 Å². The Morgan fingerprint density at radius 3 is 2.89 bits per heavy atom. The molecule has 1 saturated heterocycles. The molecule has 0 aromatic heterocycles. The van der Waals surface area contributed by atoms with E-state index in [4.69, 9.17) is 21.6 Å². The summed E-state index contributed by atoms with van der Waals surface area (Å²) < 4.78 is 18.2. The van der Waals surface area contributed by atoms with Gasteiger partial charge >= 0.3 is 6.09 Å². The molecule has 0 radical (unpaired) electrons. The van der Waals surface area contributed by atoms with Gasteiger partial charge in [-0.3, -0.25) is 4.79 Å². The number of anilines is 1. The molecule has 144 valence electrons. The Hall–Kier alpha value is -3.15. The minimum Gasteiger partial charge on any atom is -0.407 e. The normalized spacial score (nSPS) is 18.6. The molecule has 0 saturated carbocycles. The van der Waals surface area contributed by atoms with Crippen molar-refractivity contribution in [1.82, 2.24) is 5.32 Å². The van der Waals surface area contributed by atoms with Crippen LogP contribution in [0.5, 0.6) is 0 Å². The number of ether oxygens (including phenoxy) is 1. The molecular weight excluding hydrogens is 389 g/mol. The first-order valence-corrected chi connectivity index (χ1v) is 8.65. The van der Waals surface area contributed by atoms with E-state index in [9.17, 15) is 19.1 Å². The van der Waals surface area contributed by atoms with Gasteiger partial charge in [-0.15, -0.1) is 0 Å². The molecule has 9 heteroatoms. The molecule has 1 aliphatic heterocycles. The van der Waals surface area contributed by atoms with Gasteiger partial charge in [0.2, 0.25) is 0 Å². The van der Waals surface area contributed by atoms with E-state index in [1.165, 1.54) is 23.1 Å². The van der Waals surface area contributed by atoms with Crippen molar-refractivity contribution in [3.63, 3.8) is 0 Å². The number of rotatable bonds is 4. The van der Waals surface area contributed by atoms with Crippen molar-refractivity contribution in [2.45, 2.75) is 18.8 Å². The third-order valence-corrected chi connectivity index (χ3v) is 4.38. The number of aliphatic hydroxyl groups is 1. The van der Waals surface area contributed by atoms with Crippen molar-refractivity contribution in [3.8, 4) is 6.07 Å². The standard InChI is InChI=1S/C19H15ClFN3O4/c20-14-6-13(7-15(21)9-14)11-23-18(26)28-19(27)4-5-24(17(19)25)16-3-1-2-12(8-16)10-22/h1-3,6-9,27H,4-5,11H2,(H,23,26)/t19-/m0/s1. The van der Waals surface area contributed by atoms with E-state index >= 15 is 0 Å². The Morgan fingerprint density at radius 1 is 1.39 bits per heavy atom. The fourth-order valence-corrected chi connectivity index (χ4v) is 3.09. The Balaban J connectivity index is 1.64. The summed E-state index contributed by atoms with van der Waals surface area (Å²) in [5.41, 5.74) is 1.16. The summed E-state index contributed by atoms with van der Waals surface area (Å²) in [6, 6.07) is 12.0. The van der Waals surface area contributed by atoms with Gasteiger partial charge < -0.3 is 20.1 Å². The van der Waals surface area contributed by atoms with E-state index in [1.807, 2.05) is 6.07 Å². The number of alkyl carbamates (subject to hydrolysis) is 1. The number of amides is 2. The maximum absolute atomic E-state index is 13.3. The average Bonchev–Trinajstić information content (AvgIpc) is 2.94. The molecule has 2 N–H and O–H groups in total. The lowest BCUT2D eigenvalue weighted by Gasteiger charge is -2.22. The first-order chi connectivity index (χ1) is 13.3. The lowest BCUT2D eigenvalue weighted by atomic mass is 10.2. The summed E-state index contributed by atoms with van der Waals surface area (Å²) in [5.74, 6) is -3.70. The molecule has 28 heavy (non-hydrogen) atoms. The molecule has 0 aliphatic carbocycles. The molecule has 2 aromatic rings. The van der Waals surface area contributed by atoms with Gasteiger partial charge in [0.25, 0.3) is 11.7 Å². The van der Waals surface area contributed by atoms with E-state index in [1.54, 1.807) is 18.2 Å². The lowest BCUT2D eigenvalue weighted by molar-refractivity contribution is -0.175. The van der Waals surface area contributed by atoms with Crippen LogP contribution in [0.4, 0.5) is 14.9 Å². The predicted octanol–water partition coefficient (Wildman–Crippen LogP) is 2.70. The maximum atomic E-state index is 13.3. The van der Waals surface area contributed by atoms with E-state index in [-0.39, 0.29) is 24.5 Å². The Bertz CT molecular complexity index is 958. The third-order valence-electron chi connectivity index (χ3n) is 4.16. The Kier molecular flexibility index (Phi) is 5.49. The fraction of sp³-hybridized carbons (Fsp3) is 0.211. The molecule has 1 fully saturated rings. The van der Waals surface area contributed by atoms with Gasteiger partial charge in [0.1, 0.15) is 5.82 Å². The van der Waals surface area contributed by atoms with Crippen LogP contribution in [0.25, 0.3) is 0 Å². The molecule has 1 atom stereocenters. The quantitative estimate of drug-likeness (QED) is 0.764. The van der Waals surface area contributed by atoms with Crippen molar-refractivity contribution in [1.29, 1.82) is 5.26 Å². The topological polar surface area (TPSA) is 103 Å². The minimum atomic E-state index is -2.33. The molecule has 2 amide bonds. The summed E-state index contributed by atoms with van der Waals surface area (Å²) in [4.78, 5) is 25.8. The number of hydrogen-bond acceptors (Lipinski definition) is 5. The summed E-state index contributed by atoms with van der Waals surface area (Å²) in [7, 11) is 0. The van der Waals surface area contributed by atoms with Crippen LogP contribution in [0, 0.1) is 17.1 Å². The number of carbonyl (C=O) groups excluding carboxylic acids is 2. The van der Waals surface area contributed by atoms with Gasteiger partial charge in [0.05, 0.1) is 11.6 Å². The Labute approximate surface area is 164 Å². The van der Waals surface area contributed by atoms with Gasteiger partial charge in [-0.1, -0.05) is 17.7 Å². The summed E-state index contributed by atoms with van der Waals surface area (Å²) in [5, 5.41) is 21.9. The van der Waals surface area contributed by atoms with Crippen LogP contribution in [0.3, 0.4) is 0 Å². The van der Waals surface area contributed by atoms with Gasteiger partial charge in [0, 0.05) is 30.2 Å². The molecule has 0 bridgehead atoms. The second kappa shape index (κ2) is 7.84. The average molecular weight is 404 g/mol. The summed E-state index contributed by atoms with van der Waals surface area (Å²) in [6.45, 7) is 0.00547. The molecule has 3 rings (SSSR count). The molecular formula is C19H15ClFN3O4. The van der Waals surface area contributed by atoms with Crippen LogP contribution in [-0.2, 0) is 16.1 Å². The van der Waals surface area contributed by atoms with Crippen LogP contribution in [0.15, 0.2) is 42.5 Å². The zero-order valence-electron chi connectivity index (χ0n) is 14.5. The summed E-state index contributed by atoms with van der Waals surface area (Å²) >= 11 is 5.75. The minimum absolute atomic E-state index is 0.103. The van der Waals surface area contributed by atoms with Crippen molar-refractivity contribution in [3.05, 3.63) is 64.4 Å². The fourth-order valence-electron chi connectivity index (χ4n) is 2.84. The van der Waals surface area contributed by atoms with Crippen LogP contribution < -0.4 is 10.2 Å². The smallest absolute Gasteiger partial charge is 0.407 e. The highest BCUT2D eigenvalue weighted by Crippen LogP contribution is 2.29. The first kappa shape index (κ1) is 19.6. The van der Waals surface area contributed by atoms with E-state index in [2.05, 4.69) is 5.32 Å². The highest BCUT2D eigenvalue weighted by atomic mass is 35.5. The van der Waals surface area contributed by atoms with Crippen LogP contribution in [-0.4, -0.2) is 29.4 Å². The monoisotopic (exact) mass is 403 g/mol. The number of halogens is 2. The van der Waals surface area contributed by atoms with E-state index in [0.29, 0.717) is 16.8 Å². The number of hydrogen-bond donors (Lipinski definition) is 2. The largest absolute Gasteiger partial charge is 0.410 e. The number of nitrogens with one attached hydrogen (secondary N) is 1. The van der Waals surface area contributed by atoms with E-state index < -0.39 is 23.6 Å². The lowest BCUT2D eigenvalue weighted by Crippen LogP contribution is -2.46. The predicted molar refractivity (Wildman–Crippen MR) is 97.8 cm³/mol. The second-order valence-corrected chi connectivity index (χ2v) is 6.61. The molecule has 2 aromatic carbocycles. The Morgan fingerprint density at radius 2 is 2.18 bits per heavy atom. The van der Waals surface area contributed by atoms with Crippen molar-refractivity contribution in [2.24, 2.45) is 0 Å². The SMILES string of the molecule is N#Cc1cccc(N2CC[C@](O)(OC(=O)NCc3cc(F)cc(Cl)c3)C2=O)c1. The van der Waals surface area contributed by atoms with Gasteiger partial charge in [-0.2, -0.15) is 5.26 Å². The number of nitriles is 1. The van der Waals surface area contributed by atoms with Crippen molar-refractivity contribution >= 4 is 29.3 Å². The zero-order valence-corrected chi connectivity index (χ0v) is 15.2. The maximum Gasteiger partial charge on any atom is 0.410 e. The summed E-state index contributed by atoms with van der Waals surface area (Å²) in [6.07, 6.45) is -1.18. The third kappa shape index (κ3) is 4.22. The highest BCUT2D eigenvalue weighted by molar-refractivity contribution is 6.30. The molecule has 1 heterocycles. The number of carbonyl (C=O) groups is 2. The van der Waals surface area contributed by atoms with Crippen LogP contribution >= 0.6 is 11.6 Å². The second-order valence-electron chi connectivity index (χ2n) is 6.17. The molecule has 1 aliphatic rings. The first-order valence-electron chi connectivity index (χ1n) is 8.27.